The van der Waals surface area contributed by atoms with Gasteiger partial charge < -0.3 is 9.88 Å². The first-order valence-electron chi connectivity index (χ1n) is 11.6. The molecule has 0 saturated heterocycles. The van der Waals surface area contributed by atoms with Crippen LogP contribution in [0.2, 0.25) is 0 Å². The summed E-state index contributed by atoms with van der Waals surface area (Å²) < 4.78 is 18.6. The fraction of sp³-hybridized carbons (Fsp3) is 0.143. The van der Waals surface area contributed by atoms with Gasteiger partial charge in [0.2, 0.25) is 0 Å². The van der Waals surface area contributed by atoms with Gasteiger partial charge in [0.05, 0.1) is 18.1 Å². The molecule has 2 heterocycles. The van der Waals surface area contributed by atoms with E-state index in [4.69, 9.17) is 0 Å². The first-order chi connectivity index (χ1) is 17.2. The van der Waals surface area contributed by atoms with Gasteiger partial charge in [0, 0.05) is 31.0 Å². The van der Waals surface area contributed by atoms with E-state index in [0.717, 1.165) is 11.1 Å². The van der Waals surface area contributed by atoms with Crippen LogP contribution in [-0.4, -0.2) is 19.1 Å². The van der Waals surface area contributed by atoms with Crippen molar-refractivity contribution in [2.75, 3.05) is 5.32 Å². The van der Waals surface area contributed by atoms with Crippen molar-refractivity contribution in [1.29, 1.82) is 0 Å². The van der Waals surface area contributed by atoms with Crippen molar-refractivity contribution in [2.24, 2.45) is 0 Å². The van der Waals surface area contributed by atoms with Crippen molar-refractivity contribution in [3.8, 4) is 11.3 Å². The molecule has 0 aliphatic carbocycles. The van der Waals surface area contributed by atoms with Crippen molar-refractivity contribution in [3.63, 3.8) is 0 Å². The molecular weight excluding hydrogens is 441 g/mol. The van der Waals surface area contributed by atoms with Crippen molar-refractivity contribution >= 4 is 5.82 Å². The third kappa shape index (κ3) is 4.94. The first kappa shape index (κ1) is 22.4. The zero-order chi connectivity index (χ0) is 24.0. The first-order valence-corrected chi connectivity index (χ1v) is 11.6. The van der Waals surface area contributed by atoms with Gasteiger partial charge in [-0.05, 0) is 29.7 Å². The van der Waals surface area contributed by atoms with Gasteiger partial charge in [-0.1, -0.05) is 72.8 Å². The highest BCUT2D eigenvalue weighted by molar-refractivity contribution is 5.73. The molecule has 5 aromatic rings. The van der Waals surface area contributed by atoms with Crippen LogP contribution in [0.1, 0.15) is 23.6 Å². The molecule has 2 N–H and O–H groups in total. The van der Waals surface area contributed by atoms with E-state index in [1.54, 1.807) is 35.3 Å². The Kier molecular flexibility index (Phi) is 6.57. The average Bonchev–Trinajstić information content (AvgIpc) is 3.52. The summed E-state index contributed by atoms with van der Waals surface area (Å²) in [6.07, 6.45) is 6.04. The minimum atomic E-state index is -0.381. The molecule has 0 unspecified atom stereocenters. The third-order valence-electron chi connectivity index (χ3n) is 6.02. The summed E-state index contributed by atoms with van der Waals surface area (Å²) in [7, 11) is 0. The molecule has 5 rings (SSSR count). The van der Waals surface area contributed by atoms with Gasteiger partial charge in [-0.3, -0.25) is 9.55 Å². The number of rotatable bonds is 9. The number of hydrogen-bond acceptors (Lipinski definition) is 3. The van der Waals surface area contributed by atoms with Gasteiger partial charge in [0.25, 0.3) is 0 Å². The zero-order valence-electron chi connectivity index (χ0n) is 19.1. The number of aryl methyl sites for hydroxylation is 1. The molecule has 0 aliphatic heterocycles. The monoisotopic (exact) mass is 467 g/mol. The Morgan fingerprint density at radius 2 is 1.54 bits per heavy atom. The van der Waals surface area contributed by atoms with Gasteiger partial charge in [0.15, 0.2) is 0 Å². The Balaban J connectivity index is 1.56. The van der Waals surface area contributed by atoms with Gasteiger partial charge in [-0.25, -0.2) is 14.2 Å². The maximum absolute atomic E-state index is 15.0. The molecule has 2 aromatic heterocycles. The number of halogens is 1. The van der Waals surface area contributed by atoms with Crippen LogP contribution in [0.4, 0.5) is 10.2 Å². The summed E-state index contributed by atoms with van der Waals surface area (Å²) in [5.74, 6) is 0.106. The number of nitrogens with zero attached hydrogens (tertiary/aromatic N) is 3. The van der Waals surface area contributed by atoms with Crippen LogP contribution >= 0.6 is 0 Å². The SMILES string of the molecule is O=c1[nH]c(NC(c2ccccc2)c2ccccc2)c(-c2ccccc2F)n1CCCn1ccnc1. The molecule has 0 saturated carbocycles. The Hall–Kier alpha value is -4.39. The number of nitrogens with one attached hydrogen (secondary N) is 2. The highest BCUT2D eigenvalue weighted by Crippen LogP contribution is 2.33. The van der Waals surface area contributed by atoms with Crippen LogP contribution in [-0.2, 0) is 13.1 Å². The fourth-order valence-corrected chi connectivity index (χ4v) is 4.35. The van der Waals surface area contributed by atoms with Gasteiger partial charge in [0.1, 0.15) is 11.6 Å². The van der Waals surface area contributed by atoms with Crippen molar-refractivity contribution in [1.82, 2.24) is 19.1 Å². The predicted octanol–water partition coefficient (Wildman–Crippen LogP) is 5.47. The maximum Gasteiger partial charge on any atom is 0.327 e. The summed E-state index contributed by atoms with van der Waals surface area (Å²) in [6.45, 7) is 1.13. The summed E-state index contributed by atoms with van der Waals surface area (Å²) in [4.78, 5) is 20.1. The summed E-state index contributed by atoms with van der Waals surface area (Å²) in [5, 5.41) is 3.51. The standard InChI is InChI=1S/C28H26FN5O/c29-24-15-8-7-14-23(24)26-27(32-28(35)34(26)18-9-17-33-19-16-30-20-33)31-25(21-10-3-1-4-11-21)22-12-5-2-6-13-22/h1-8,10-16,19-20,25,31H,9,17-18H2,(H,32,35). The minimum absolute atomic E-state index is 0.236. The number of aromatic nitrogens is 4. The summed E-state index contributed by atoms with van der Waals surface area (Å²) >= 11 is 0. The lowest BCUT2D eigenvalue weighted by Crippen LogP contribution is -2.19. The Labute approximate surface area is 202 Å². The molecule has 0 bridgehead atoms. The molecule has 0 amide bonds. The fourth-order valence-electron chi connectivity index (χ4n) is 4.35. The second-order valence-electron chi connectivity index (χ2n) is 8.34. The zero-order valence-corrected chi connectivity index (χ0v) is 19.1. The van der Waals surface area contributed by atoms with Crippen LogP contribution < -0.4 is 11.0 Å². The van der Waals surface area contributed by atoms with E-state index in [9.17, 15) is 4.79 Å². The Morgan fingerprint density at radius 3 is 2.17 bits per heavy atom. The largest absolute Gasteiger partial charge is 0.359 e. The lowest BCUT2D eigenvalue weighted by atomic mass is 9.98. The predicted molar refractivity (Wildman–Crippen MR) is 136 cm³/mol. The molecule has 3 aromatic carbocycles. The summed E-state index contributed by atoms with van der Waals surface area (Å²) in [6, 6.07) is 26.3. The number of H-pyrrole nitrogens is 1. The molecule has 7 heteroatoms. The highest BCUT2D eigenvalue weighted by atomic mass is 19.1. The van der Waals surface area contributed by atoms with Crippen molar-refractivity contribution in [2.45, 2.75) is 25.6 Å². The van der Waals surface area contributed by atoms with E-state index in [0.29, 0.717) is 36.6 Å². The maximum atomic E-state index is 15.0. The topological polar surface area (TPSA) is 67.6 Å². The van der Waals surface area contributed by atoms with Gasteiger partial charge >= 0.3 is 5.69 Å². The smallest absolute Gasteiger partial charge is 0.327 e. The number of aromatic amines is 1. The number of imidazole rings is 2. The van der Waals surface area contributed by atoms with E-state index in [-0.39, 0.29) is 17.5 Å². The van der Waals surface area contributed by atoms with E-state index >= 15 is 4.39 Å². The van der Waals surface area contributed by atoms with Crippen LogP contribution in [0.5, 0.6) is 0 Å². The van der Waals surface area contributed by atoms with E-state index < -0.39 is 0 Å². The van der Waals surface area contributed by atoms with E-state index in [2.05, 4.69) is 15.3 Å². The summed E-state index contributed by atoms with van der Waals surface area (Å²) in [5.41, 5.74) is 2.67. The molecule has 0 radical (unpaired) electrons. The van der Waals surface area contributed by atoms with Gasteiger partial charge in [-0.15, -0.1) is 0 Å². The normalized spacial score (nSPS) is 11.1. The van der Waals surface area contributed by atoms with E-state index in [1.807, 2.05) is 71.4 Å². The second-order valence-corrected chi connectivity index (χ2v) is 8.34. The third-order valence-corrected chi connectivity index (χ3v) is 6.02. The molecule has 176 valence electrons. The van der Waals surface area contributed by atoms with Crippen LogP contribution in [0.25, 0.3) is 11.3 Å². The van der Waals surface area contributed by atoms with Crippen molar-refractivity contribution < 1.29 is 4.39 Å². The second kappa shape index (κ2) is 10.3. The molecule has 0 spiro atoms. The lowest BCUT2D eigenvalue weighted by molar-refractivity contribution is 0.555. The van der Waals surface area contributed by atoms with Crippen LogP contribution in [0.3, 0.4) is 0 Å². The number of benzene rings is 3. The van der Waals surface area contributed by atoms with Crippen molar-refractivity contribution in [3.05, 3.63) is 131 Å². The minimum Gasteiger partial charge on any atom is -0.359 e. The quantitative estimate of drug-likeness (QED) is 0.302. The number of anilines is 1. The Bertz CT molecular complexity index is 1390. The molecule has 35 heavy (non-hydrogen) atoms. The van der Waals surface area contributed by atoms with Gasteiger partial charge in [-0.2, -0.15) is 0 Å². The average molecular weight is 468 g/mol. The number of hydrogen-bond donors (Lipinski definition) is 2. The van der Waals surface area contributed by atoms with Crippen LogP contribution in [0.15, 0.2) is 108 Å². The lowest BCUT2D eigenvalue weighted by Gasteiger charge is -2.21. The molecular formula is C28H26FN5O. The van der Waals surface area contributed by atoms with E-state index in [1.165, 1.54) is 6.07 Å². The molecule has 0 fully saturated rings. The highest BCUT2D eigenvalue weighted by Gasteiger charge is 2.22. The molecule has 0 aliphatic rings. The van der Waals surface area contributed by atoms with Crippen LogP contribution in [0, 0.1) is 5.82 Å². The molecule has 6 nitrogen and oxygen atoms in total. The Morgan fingerprint density at radius 1 is 0.886 bits per heavy atom. The molecule has 0 atom stereocenters.